The van der Waals surface area contributed by atoms with Gasteiger partial charge < -0.3 is 5.11 Å². The second-order valence-corrected chi connectivity index (χ2v) is 4.83. The van der Waals surface area contributed by atoms with Crippen LogP contribution in [-0.4, -0.2) is 31.3 Å². The number of tetrazole rings is 1. The van der Waals surface area contributed by atoms with E-state index < -0.39 is 17.3 Å². The van der Waals surface area contributed by atoms with Gasteiger partial charge in [-0.15, -0.1) is 5.10 Å². The third-order valence-electron chi connectivity index (χ3n) is 3.45. The Labute approximate surface area is 115 Å². The van der Waals surface area contributed by atoms with Crippen molar-refractivity contribution in [1.29, 1.82) is 0 Å². The molecule has 7 heteroatoms. The summed E-state index contributed by atoms with van der Waals surface area (Å²) in [5, 5.41) is 20.4. The van der Waals surface area contributed by atoms with E-state index in [-0.39, 0.29) is 17.8 Å². The highest BCUT2D eigenvalue weighted by Crippen LogP contribution is 2.28. The van der Waals surface area contributed by atoms with Crippen LogP contribution in [-0.2, 0) is 10.3 Å². The number of halogens is 1. The summed E-state index contributed by atoms with van der Waals surface area (Å²) < 4.78 is 15.1. The van der Waals surface area contributed by atoms with Gasteiger partial charge in [0, 0.05) is 0 Å². The zero-order valence-corrected chi connectivity index (χ0v) is 11.5. The van der Waals surface area contributed by atoms with Crippen LogP contribution in [0.3, 0.4) is 0 Å². The van der Waals surface area contributed by atoms with Crippen LogP contribution in [0, 0.1) is 12.7 Å². The standard InChI is InChI=1S/C13H15FN4O2/c1-4-13(3,12(19)20)18-11(15-16-17-18)9-7-8(2)5-6-10(9)14/h5-7H,4H2,1-3H3,(H,19,20). The quantitative estimate of drug-likeness (QED) is 0.925. The van der Waals surface area contributed by atoms with Crippen molar-refractivity contribution in [2.75, 3.05) is 0 Å². The molecule has 0 aliphatic carbocycles. The molecule has 2 aromatic rings. The topological polar surface area (TPSA) is 80.9 Å². The SMILES string of the molecule is CCC(C)(C(=O)O)n1nnnc1-c1cc(C)ccc1F. The molecule has 1 aromatic heterocycles. The number of rotatable bonds is 4. The molecule has 0 aliphatic rings. The van der Waals surface area contributed by atoms with Crippen molar-refractivity contribution in [3.05, 3.63) is 29.6 Å². The molecule has 0 bridgehead atoms. The minimum atomic E-state index is -1.32. The Morgan fingerprint density at radius 2 is 2.20 bits per heavy atom. The van der Waals surface area contributed by atoms with Gasteiger partial charge in [-0.3, -0.25) is 0 Å². The predicted octanol–water partition coefficient (Wildman–Crippen LogP) is 2.00. The molecule has 0 fully saturated rings. The summed E-state index contributed by atoms with van der Waals surface area (Å²) >= 11 is 0. The van der Waals surface area contributed by atoms with Crippen LogP contribution in [0.25, 0.3) is 11.4 Å². The summed E-state index contributed by atoms with van der Waals surface area (Å²) in [5.74, 6) is -1.45. The Morgan fingerprint density at radius 1 is 1.50 bits per heavy atom. The van der Waals surface area contributed by atoms with Crippen LogP contribution in [0.2, 0.25) is 0 Å². The molecule has 2 rings (SSSR count). The lowest BCUT2D eigenvalue weighted by atomic mass is 9.98. The van der Waals surface area contributed by atoms with E-state index in [0.29, 0.717) is 0 Å². The van der Waals surface area contributed by atoms with Gasteiger partial charge in [-0.1, -0.05) is 18.6 Å². The van der Waals surface area contributed by atoms with Crippen molar-refractivity contribution in [3.8, 4) is 11.4 Å². The van der Waals surface area contributed by atoms with Gasteiger partial charge in [0.1, 0.15) is 5.82 Å². The average molecular weight is 278 g/mol. The van der Waals surface area contributed by atoms with E-state index in [0.717, 1.165) is 10.2 Å². The van der Waals surface area contributed by atoms with Crippen LogP contribution in [0.1, 0.15) is 25.8 Å². The van der Waals surface area contributed by atoms with Crippen LogP contribution < -0.4 is 0 Å². The molecular formula is C13H15FN4O2. The second kappa shape index (κ2) is 4.99. The Bertz CT molecular complexity index is 656. The van der Waals surface area contributed by atoms with E-state index in [4.69, 9.17) is 0 Å². The van der Waals surface area contributed by atoms with Gasteiger partial charge in [0.25, 0.3) is 0 Å². The van der Waals surface area contributed by atoms with Crippen molar-refractivity contribution in [2.24, 2.45) is 0 Å². The van der Waals surface area contributed by atoms with Gasteiger partial charge in [-0.25, -0.2) is 13.9 Å². The van der Waals surface area contributed by atoms with Crippen molar-refractivity contribution in [2.45, 2.75) is 32.7 Å². The molecule has 0 saturated heterocycles. The smallest absolute Gasteiger partial charge is 0.331 e. The first-order valence-corrected chi connectivity index (χ1v) is 6.19. The van der Waals surface area contributed by atoms with Crippen LogP contribution in [0.5, 0.6) is 0 Å². The molecule has 0 spiro atoms. The minimum Gasteiger partial charge on any atom is -0.479 e. The molecule has 1 heterocycles. The van der Waals surface area contributed by atoms with Crippen LogP contribution >= 0.6 is 0 Å². The van der Waals surface area contributed by atoms with E-state index in [1.165, 1.54) is 13.0 Å². The van der Waals surface area contributed by atoms with E-state index in [1.807, 2.05) is 6.92 Å². The highest BCUT2D eigenvalue weighted by Gasteiger charge is 2.37. The number of nitrogens with zero attached hydrogens (tertiary/aromatic N) is 4. The van der Waals surface area contributed by atoms with Crippen LogP contribution in [0.4, 0.5) is 4.39 Å². The number of aryl methyl sites for hydroxylation is 1. The lowest BCUT2D eigenvalue weighted by Crippen LogP contribution is -2.39. The molecule has 0 radical (unpaired) electrons. The number of carboxylic acids is 1. The first-order chi connectivity index (χ1) is 9.40. The summed E-state index contributed by atoms with van der Waals surface area (Å²) in [5.41, 5.74) is -0.296. The van der Waals surface area contributed by atoms with Gasteiger partial charge in [0.15, 0.2) is 11.4 Å². The Kier molecular flexibility index (Phi) is 3.52. The van der Waals surface area contributed by atoms with Gasteiger partial charge >= 0.3 is 5.97 Å². The molecule has 1 N–H and O–H groups in total. The maximum absolute atomic E-state index is 13.9. The number of benzene rings is 1. The maximum atomic E-state index is 13.9. The largest absolute Gasteiger partial charge is 0.479 e. The number of carboxylic acid groups (broad SMARTS) is 1. The Balaban J connectivity index is 2.64. The third kappa shape index (κ3) is 2.15. The Hall–Kier alpha value is -2.31. The molecule has 1 unspecified atom stereocenters. The lowest BCUT2D eigenvalue weighted by molar-refractivity contribution is -0.147. The molecular weight excluding hydrogens is 263 g/mol. The van der Waals surface area contributed by atoms with Crippen molar-refractivity contribution in [3.63, 3.8) is 0 Å². The first-order valence-electron chi connectivity index (χ1n) is 6.19. The summed E-state index contributed by atoms with van der Waals surface area (Å²) in [6.07, 6.45) is 0.272. The number of hydrogen-bond acceptors (Lipinski definition) is 4. The molecule has 0 aliphatic heterocycles. The Morgan fingerprint density at radius 3 is 2.80 bits per heavy atom. The number of aromatic nitrogens is 4. The molecule has 1 atom stereocenters. The maximum Gasteiger partial charge on any atom is 0.331 e. The number of carbonyl (C=O) groups is 1. The van der Waals surface area contributed by atoms with E-state index in [2.05, 4.69) is 15.5 Å². The van der Waals surface area contributed by atoms with E-state index >= 15 is 0 Å². The summed E-state index contributed by atoms with van der Waals surface area (Å²) in [7, 11) is 0. The van der Waals surface area contributed by atoms with Crippen molar-refractivity contribution < 1.29 is 14.3 Å². The van der Waals surface area contributed by atoms with Gasteiger partial charge in [0.2, 0.25) is 0 Å². The first kappa shape index (κ1) is 14.1. The normalized spacial score (nSPS) is 14.0. The average Bonchev–Trinajstić information content (AvgIpc) is 2.90. The second-order valence-electron chi connectivity index (χ2n) is 4.83. The van der Waals surface area contributed by atoms with Gasteiger partial charge in [-0.05, 0) is 42.8 Å². The predicted molar refractivity (Wildman–Crippen MR) is 69.5 cm³/mol. The van der Waals surface area contributed by atoms with Crippen molar-refractivity contribution >= 4 is 5.97 Å². The van der Waals surface area contributed by atoms with Crippen molar-refractivity contribution in [1.82, 2.24) is 20.2 Å². The molecule has 1 aromatic carbocycles. The fraction of sp³-hybridized carbons (Fsp3) is 0.385. The molecule has 0 amide bonds. The van der Waals surface area contributed by atoms with E-state index in [1.54, 1.807) is 19.1 Å². The molecule has 106 valence electrons. The zero-order valence-electron chi connectivity index (χ0n) is 11.5. The van der Waals surface area contributed by atoms with Crippen LogP contribution in [0.15, 0.2) is 18.2 Å². The fourth-order valence-corrected chi connectivity index (χ4v) is 1.89. The van der Waals surface area contributed by atoms with E-state index in [9.17, 15) is 14.3 Å². The molecule has 6 nitrogen and oxygen atoms in total. The summed E-state index contributed by atoms with van der Waals surface area (Å²) in [6.45, 7) is 5.03. The summed E-state index contributed by atoms with van der Waals surface area (Å²) in [4.78, 5) is 11.5. The number of hydrogen-bond donors (Lipinski definition) is 1. The number of aliphatic carboxylic acids is 1. The highest BCUT2D eigenvalue weighted by molar-refractivity contribution is 5.77. The lowest BCUT2D eigenvalue weighted by Gasteiger charge is -2.24. The van der Waals surface area contributed by atoms with Gasteiger partial charge in [0.05, 0.1) is 5.56 Å². The van der Waals surface area contributed by atoms with Gasteiger partial charge in [-0.2, -0.15) is 0 Å². The third-order valence-corrected chi connectivity index (χ3v) is 3.45. The fourth-order valence-electron chi connectivity index (χ4n) is 1.89. The molecule has 0 saturated carbocycles. The summed E-state index contributed by atoms with van der Waals surface area (Å²) in [6, 6.07) is 4.53. The highest BCUT2D eigenvalue weighted by atomic mass is 19.1. The zero-order chi connectivity index (χ0) is 14.9. The molecule has 20 heavy (non-hydrogen) atoms. The monoisotopic (exact) mass is 278 g/mol. The minimum absolute atomic E-state index is 0.109.